The zero-order valence-electron chi connectivity index (χ0n) is 14.5. The van der Waals surface area contributed by atoms with Gasteiger partial charge in [0.15, 0.2) is 5.82 Å². The van der Waals surface area contributed by atoms with Crippen LogP contribution >= 0.6 is 11.6 Å². The molecule has 1 heterocycles. The lowest BCUT2D eigenvalue weighted by atomic mass is 10.2. The van der Waals surface area contributed by atoms with E-state index in [4.69, 9.17) is 11.6 Å². The summed E-state index contributed by atoms with van der Waals surface area (Å²) < 4.78 is 14.9. The Morgan fingerprint density at radius 2 is 1.61 bits per heavy atom. The second-order valence-corrected chi connectivity index (χ2v) is 6.35. The van der Waals surface area contributed by atoms with Gasteiger partial charge in [-0.25, -0.2) is 14.1 Å². The Bertz CT molecular complexity index is 1130. The highest BCUT2D eigenvalue weighted by Crippen LogP contribution is 2.24. The van der Waals surface area contributed by atoms with Gasteiger partial charge < -0.3 is 5.32 Å². The minimum absolute atomic E-state index is 0.0249. The molecule has 4 aromatic rings. The molecule has 0 unspecified atom stereocenters. The average Bonchev–Trinajstić information content (AvgIpc) is 3.16. The second kappa shape index (κ2) is 7.62. The van der Waals surface area contributed by atoms with Crippen molar-refractivity contribution < 1.29 is 9.18 Å². The van der Waals surface area contributed by atoms with Gasteiger partial charge in [-0.05, 0) is 48.5 Å². The van der Waals surface area contributed by atoms with E-state index in [1.165, 1.54) is 12.1 Å². The van der Waals surface area contributed by atoms with Crippen LogP contribution in [0.25, 0.3) is 17.1 Å². The van der Waals surface area contributed by atoms with Gasteiger partial charge in [0.25, 0.3) is 5.91 Å². The number of hydrogen-bond donors (Lipinski definition) is 1. The van der Waals surface area contributed by atoms with E-state index in [1.807, 2.05) is 30.3 Å². The summed E-state index contributed by atoms with van der Waals surface area (Å²) >= 11 is 6.10. The van der Waals surface area contributed by atoms with Crippen LogP contribution < -0.4 is 5.32 Å². The molecule has 3 aromatic carbocycles. The van der Waals surface area contributed by atoms with E-state index in [1.54, 1.807) is 41.1 Å². The summed E-state index contributed by atoms with van der Waals surface area (Å²) in [5.74, 6) is -0.448. The van der Waals surface area contributed by atoms with Gasteiger partial charge >= 0.3 is 0 Å². The molecule has 0 radical (unpaired) electrons. The van der Waals surface area contributed by atoms with Crippen LogP contribution in [0.4, 0.5) is 10.1 Å². The fraction of sp³-hybridized carbons (Fsp3) is 0. The van der Waals surface area contributed by atoms with Crippen LogP contribution in [0.5, 0.6) is 0 Å². The Kier molecular flexibility index (Phi) is 4.87. The fourth-order valence-corrected chi connectivity index (χ4v) is 2.87. The average molecular weight is 393 g/mol. The minimum atomic E-state index is -0.494. The monoisotopic (exact) mass is 392 g/mol. The van der Waals surface area contributed by atoms with Gasteiger partial charge in [0.2, 0.25) is 5.82 Å². The summed E-state index contributed by atoms with van der Waals surface area (Å²) in [6.07, 6.45) is 0. The van der Waals surface area contributed by atoms with Gasteiger partial charge in [0.05, 0.1) is 16.4 Å². The summed E-state index contributed by atoms with van der Waals surface area (Å²) in [4.78, 5) is 17.1. The molecule has 0 bridgehead atoms. The predicted octanol–water partition coefficient (Wildman–Crippen LogP) is 4.98. The molecule has 0 aliphatic rings. The quantitative estimate of drug-likeness (QED) is 0.533. The number of hydrogen-bond acceptors (Lipinski definition) is 3. The lowest BCUT2D eigenvalue weighted by Gasteiger charge is -2.05. The number of anilines is 1. The summed E-state index contributed by atoms with van der Waals surface area (Å²) in [5, 5.41) is 7.49. The Morgan fingerprint density at radius 3 is 2.32 bits per heavy atom. The van der Waals surface area contributed by atoms with E-state index in [-0.39, 0.29) is 11.6 Å². The van der Waals surface area contributed by atoms with Crippen LogP contribution in [0.3, 0.4) is 0 Å². The van der Waals surface area contributed by atoms with Gasteiger partial charge in [-0.1, -0.05) is 41.9 Å². The van der Waals surface area contributed by atoms with Crippen LogP contribution in [0.1, 0.15) is 10.6 Å². The maximum atomic E-state index is 13.3. The normalized spacial score (nSPS) is 10.6. The molecule has 0 aliphatic carbocycles. The first-order valence-corrected chi connectivity index (χ1v) is 8.84. The van der Waals surface area contributed by atoms with Crippen molar-refractivity contribution in [2.75, 3.05) is 5.32 Å². The molecule has 0 aliphatic heterocycles. The number of amides is 1. The second-order valence-electron chi connectivity index (χ2n) is 5.95. The largest absolute Gasteiger partial charge is 0.318 e. The van der Waals surface area contributed by atoms with Crippen molar-refractivity contribution >= 4 is 23.2 Å². The van der Waals surface area contributed by atoms with Crippen LogP contribution in [-0.4, -0.2) is 20.7 Å². The number of aromatic nitrogens is 3. The highest BCUT2D eigenvalue weighted by molar-refractivity contribution is 6.33. The predicted molar refractivity (Wildman–Crippen MR) is 106 cm³/mol. The number of nitrogens with one attached hydrogen (secondary N) is 1. The van der Waals surface area contributed by atoms with E-state index in [0.29, 0.717) is 22.1 Å². The number of benzene rings is 3. The molecule has 0 saturated carbocycles. The third kappa shape index (κ3) is 3.63. The van der Waals surface area contributed by atoms with E-state index < -0.39 is 5.91 Å². The summed E-state index contributed by atoms with van der Waals surface area (Å²) in [6.45, 7) is 0. The van der Waals surface area contributed by atoms with E-state index in [9.17, 15) is 9.18 Å². The van der Waals surface area contributed by atoms with Gasteiger partial charge in [-0.2, -0.15) is 0 Å². The number of para-hydroxylation sites is 2. The van der Waals surface area contributed by atoms with Crippen molar-refractivity contribution in [3.05, 3.63) is 95.5 Å². The van der Waals surface area contributed by atoms with Crippen LogP contribution in [0.2, 0.25) is 5.02 Å². The lowest BCUT2D eigenvalue weighted by Crippen LogP contribution is -2.14. The van der Waals surface area contributed by atoms with Crippen molar-refractivity contribution in [3.8, 4) is 17.1 Å². The third-order valence-corrected chi connectivity index (χ3v) is 4.37. The fourth-order valence-electron chi connectivity index (χ4n) is 2.68. The first kappa shape index (κ1) is 17.9. The summed E-state index contributed by atoms with van der Waals surface area (Å²) in [7, 11) is 0. The van der Waals surface area contributed by atoms with Crippen LogP contribution in [-0.2, 0) is 0 Å². The first-order chi connectivity index (χ1) is 13.6. The molecule has 0 fully saturated rings. The smallest absolute Gasteiger partial charge is 0.295 e. The van der Waals surface area contributed by atoms with Gasteiger partial charge in [0.1, 0.15) is 5.82 Å². The third-order valence-electron chi connectivity index (χ3n) is 4.04. The summed E-state index contributed by atoms with van der Waals surface area (Å²) in [5.41, 5.74) is 1.83. The zero-order valence-corrected chi connectivity index (χ0v) is 15.3. The molecule has 0 spiro atoms. The van der Waals surface area contributed by atoms with Gasteiger partial charge in [-0.15, -0.1) is 5.10 Å². The molecule has 4 rings (SSSR count). The highest BCUT2D eigenvalue weighted by atomic mass is 35.5. The minimum Gasteiger partial charge on any atom is -0.318 e. The number of nitrogens with zero attached hydrogens (tertiary/aromatic N) is 3. The molecule has 28 heavy (non-hydrogen) atoms. The van der Waals surface area contributed by atoms with E-state index in [0.717, 1.165) is 5.69 Å². The van der Waals surface area contributed by atoms with Gasteiger partial charge in [-0.3, -0.25) is 4.79 Å². The number of halogens is 2. The molecule has 0 atom stereocenters. The molecular weight excluding hydrogens is 379 g/mol. The molecule has 1 aromatic heterocycles. The first-order valence-electron chi connectivity index (χ1n) is 8.46. The van der Waals surface area contributed by atoms with Crippen molar-refractivity contribution in [2.24, 2.45) is 0 Å². The standard InChI is InChI=1S/C21H14ClFN4O/c22-17-8-4-5-9-18(17)24-21(28)19-25-20(14-10-12-15(23)13-11-14)27(26-19)16-6-2-1-3-7-16/h1-13H,(H,24,28). The maximum Gasteiger partial charge on any atom is 0.295 e. The van der Waals surface area contributed by atoms with E-state index in [2.05, 4.69) is 15.4 Å². The summed E-state index contributed by atoms with van der Waals surface area (Å²) in [6, 6.07) is 22.0. The maximum absolute atomic E-state index is 13.3. The molecular formula is C21H14ClFN4O. The molecule has 138 valence electrons. The van der Waals surface area contributed by atoms with Crippen molar-refractivity contribution in [1.29, 1.82) is 0 Å². The van der Waals surface area contributed by atoms with Gasteiger partial charge in [0, 0.05) is 5.56 Å². The Balaban J connectivity index is 1.76. The van der Waals surface area contributed by atoms with E-state index >= 15 is 0 Å². The SMILES string of the molecule is O=C(Nc1ccccc1Cl)c1nc(-c2ccc(F)cc2)n(-c2ccccc2)n1. The Labute approximate surface area is 165 Å². The Hall–Kier alpha value is -3.51. The zero-order chi connectivity index (χ0) is 19.5. The van der Waals surface area contributed by atoms with Crippen molar-refractivity contribution in [3.63, 3.8) is 0 Å². The topological polar surface area (TPSA) is 59.8 Å². The van der Waals surface area contributed by atoms with Crippen LogP contribution in [0, 0.1) is 5.82 Å². The number of carbonyl (C=O) groups excluding carboxylic acids is 1. The Morgan fingerprint density at radius 1 is 0.929 bits per heavy atom. The van der Waals surface area contributed by atoms with Crippen LogP contribution in [0.15, 0.2) is 78.9 Å². The molecule has 7 heteroatoms. The van der Waals surface area contributed by atoms with Crippen molar-refractivity contribution in [1.82, 2.24) is 14.8 Å². The number of carbonyl (C=O) groups is 1. The molecule has 0 saturated heterocycles. The lowest BCUT2D eigenvalue weighted by molar-refractivity contribution is 0.101. The number of rotatable bonds is 4. The van der Waals surface area contributed by atoms with Crippen molar-refractivity contribution in [2.45, 2.75) is 0 Å². The molecule has 5 nitrogen and oxygen atoms in total. The molecule has 1 amide bonds. The highest BCUT2D eigenvalue weighted by Gasteiger charge is 2.19. The molecule has 1 N–H and O–H groups in total.